The maximum atomic E-state index is 11.1. The topological polar surface area (TPSA) is 103 Å². The summed E-state index contributed by atoms with van der Waals surface area (Å²) < 4.78 is 0. The molecule has 0 amide bonds. The molecule has 70 valence electrons. The van der Waals surface area contributed by atoms with Crippen molar-refractivity contribution in [3.63, 3.8) is 0 Å². The number of carbonyl (C=O) groups excluding carboxylic acids is 1. The number of carboxylic acids is 1. The van der Waals surface area contributed by atoms with Crippen LogP contribution in [0.3, 0.4) is 0 Å². The Balaban J connectivity index is 3.26. The Morgan fingerprint density at radius 3 is 2.57 bits per heavy atom. The molecule has 0 saturated carbocycles. The molecule has 0 spiro atoms. The Hall–Kier alpha value is -2.33. The van der Waals surface area contributed by atoms with Crippen molar-refractivity contribution >= 4 is 17.4 Å². The van der Waals surface area contributed by atoms with Crippen LogP contribution in [0.4, 0.5) is 5.69 Å². The van der Waals surface area contributed by atoms with Gasteiger partial charge in [-0.05, 0) is 5.53 Å². The zero-order valence-corrected chi connectivity index (χ0v) is 6.91. The van der Waals surface area contributed by atoms with Gasteiger partial charge in [-0.3, -0.25) is 4.79 Å². The number of carbonyl (C=O) groups is 2. The molecule has 0 fully saturated rings. The molecule has 14 heavy (non-hydrogen) atoms. The smallest absolute Gasteiger partial charge is 0.377 e. The molecule has 0 aliphatic carbocycles. The molecule has 6 heteroatoms. The van der Waals surface area contributed by atoms with Gasteiger partial charge in [0.25, 0.3) is 5.78 Å². The standard InChI is InChI=1S/C8H5N3O3/c9-11-10-6-4-2-1-3-5(6)7(12)8(13)14/h1-4H,(H,13,14). The van der Waals surface area contributed by atoms with Crippen molar-refractivity contribution in [2.24, 2.45) is 5.11 Å². The number of rotatable bonds is 3. The summed E-state index contributed by atoms with van der Waals surface area (Å²) in [4.78, 5) is 23.9. The van der Waals surface area contributed by atoms with E-state index in [1.165, 1.54) is 18.2 Å². The summed E-state index contributed by atoms with van der Waals surface area (Å²) in [7, 11) is 0. The molecular formula is C8H5N3O3. The van der Waals surface area contributed by atoms with E-state index in [0.717, 1.165) is 0 Å². The van der Waals surface area contributed by atoms with Gasteiger partial charge in [0.15, 0.2) is 0 Å². The van der Waals surface area contributed by atoms with E-state index >= 15 is 0 Å². The molecule has 0 aliphatic heterocycles. The lowest BCUT2D eigenvalue weighted by atomic mass is 10.1. The van der Waals surface area contributed by atoms with Gasteiger partial charge in [-0.25, -0.2) is 4.79 Å². The van der Waals surface area contributed by atoms with Gasteiger partial charge < -0.3 is 5.11 Å². The number of benzene rings is 1. The summed E-state index contributed by atoms with van der Waals surface area (Å²) in [5.41, 5.74) is 8.07. The molecule has 0 aliphatic rings. The van der Waals surface area contributed by atoms with Crippen LogP contribution in [0.2, 0.25) is 0 Å². The van der Waals surface area contributed by atoms with Crippen LogP contribution >= 0.6 is 0 Å². The molecule has 0 bridgehead atoms. The molecule has 1 aromatic carbocycles. The van der Waals surface area contributed by atoms with Gasteiger partial charge in [0.05, 0.1) is 0 Å². The van der Waals surface area contributed by atoms with Crippen LogP contribution in [0.25, 0.3) is 10.4 Å². The zero-order valence-electron chi connectivity index (χ0n) is 6.91. The number of ketones is 1. The first-order valence-electron chi connectivity index (χ1n) is 3.58. The zero-order chi connectivity index (χ0) is 10.6. The van der Waals surface area contributed by atoms with E-state index in [2.05, 4.69) is 10.0 Å². The molecule has 0 radical (unpaired) electrons. The van der Waals surface area contributed by atoms with Gasteiger partial charge in [-0.15, -0.1) is 0 Å². The fraction of sp³-hybridized carbons (Fsp3) is 0. The van der Waals surface area contributed by atoms with Crippen molar-refractivity contribution in [2.75, 3.05) is 0 Å². The molecule has 1 N–H and O–H groups in total. The average molecular weight is 191 g/mol. The van der Waals surface area contributed by atoms with Gasteiger partial charge in [0, 0.05) is 16.2 Å². The average Bonchev–Trinajstić information content (AvgIpc) is 2.18. The fourth-order valence-corrected chi connectivity index (χ4v) is 0.916. The summed E-state index contributed by atoms with van der Waals surface area (Å²) in [6, 6.07) is 5.70. The predicted octanol–water partition coefficient (Wildman–Crippen LogP) is 1.90. The van der Waals surface area contributed by atoms with Gasteiger partial charge in [0.2, 0.25) is 0 Å². The Kier molecular flexibility index (Phi) is 2.83. The largest absolute Gasteiger partial charge is 0.475 e. The van der Waals surface area contributed by atoms with E-state index in [9.17, 15) is 9.59 Å². The van der Waals surface area contributed by atoms with E-state index in [4.69, 9.17) is 10.6 Å². The molecule has 0 atom stereocenters. The van der Waals surface area contributed by atoms with Gasteiger partial charge >= 0.3 is 5.97 Å². The van der Waals surface area contributed by atoms with E-state index < -0.39 is 11.8 Å². The highest BCUT2D eigenvalue weighted by atomic mass is 16.4. The SMILES string of the molecule is [N-]=[N+]=Nc1ccccc1C(=O)C(=O)O. The first-order valence-corrected chi connectivity index (χ1v) is 3.58. The molecule has 6 nitrogen and oxygen atoms in total. The van der Waals surface area contributed by atoms with Crippen LogP contribution in [-0.4, -0.2) is 16.9 Å². The van der Waals surface area contributed by atoms with Crippen molar-refractivity contribution in [3.05, 3.63) is 40.3 Å². The van der Waals surface area contributed by atoms with Crippen LogP contribution in [0, 0.1) is 0 Å². The van der Waals surface area contributed by atoms with Crippen LogP contribution in [0.15, 0.2) is 29.4 Å². The lowest BCUT2D eigenvalue weighted by molar-refractivity contribution is -0.131. The maximum Gasteiger partial charge on any atom is 0.377 e. The monoisotopic (exact) mass is 191 g/mol. The molecule has 1 rings (SSSR count). The minimum atomic E-state index is -1.58. The molecule has 1 aromatic rings. The van der Waals surface area contributed by atoms with Crippen molar-refractivity contribution in [3.8, 4) is 0 Å². The van der Waals surface area contributed by atoms with Crippen molar-refractivity contribution < 1.29 is 14.7 Å². The summed E-state index contributed by atoms with van der Waals surface area (Å²) in [6.07, 6.45) is 0. The van der Waals surface area contributed by atoms with Gasteiger partial charge in [-0.1, -0.05) is 29.4 Å². The van der Waals surface area contributed by atoms with E-state index in [0.29, 0.717) is 0 Å². The third kappa shape index (κ3) is 1.88. The quantitative estimate of drug-likeness (QED) is 0.259. The van der Waals surface area contributed by atoms with E-state index in [1.807, 2.05) is 0 Å². The third-order valence-corrected chi connectivity index (χ3v) is 1.50. The molecule has 0 aromatic heterocycles. The van der Waals surface area contributed by atoms with Crippen LogP contribution < -0.4 is 0 Å². The summed E-state index contributed by atoms with van der Waals surface area (Å²) in [5.74, 6) is -2.67. The predicted molar refractivity (Wildman–Crippen MR) is 47.2 cm³/mol. The lowest BCUT2D eigenvalue weighted by Gasteiger charge is -1.98. The lowest BCUT2D eigenvalue weighted by Crippen LogP contribution is -2.12. The molecule has 0 heterocycles. The number of Topliss-reactive ketones (excluding diaryl/α,β-unsaturated/α-hetero) is 1. The third-order valence-electron chi connectivity index (χ3n) is 1.50. The van der Waals surface area contributed by atoms with Crippen molar-refractivity contribution in [1.82, 2.24) is 0 Å². The van der Waals surface area contributed by atoms with Crippen molar-refractivity contribution in [2.45, 2.75) is 0 Å². The minimum absolute atomic E-state index is 0.0161. The molecule has 0 saturated heterocycles. The minimum Gasteiger partial charge on any atom is -0.475 e. The normalized spacial score (nSPS) is 8.86. The molecule has 0 unspecified atom stereocenters. The van der Waals surface area contributed by atoms with E-state index in [-0.39, 0.29) is 11.3 Å². The second-order valence-corrected chi connectivity index (χ2v) is 2.34. The highest BCUT2D eigenvalue weighted by Crippen LogP contribution is 2.19. The van der Waals surface area contributed by atoms with E-state index in [1.54, 1.807) is 6.07 Å². The van der Waals surface area contributed by atoms with Crippen LogP contribution in [0.5, 0.6) is 0 Å². The summed E-state index contributed by atoms with van der Waals surface area (Å²) in [6.45, 7) is 0. The first-order chi connectivity index (χ1) is 6.66. The number of azide groups is 1. The second-order valence-electron chi connectivity index (χ2n) is 2.34. The number of aliphatic carboxylic acids is 1. The van der Waals surface area contributed by atoms with Gasteiger partial charge in [0.1, 0.15) is 0 Å². The maximum absolute atomic E-state index is 11.1. The summed E-state index contributed by atoms with van der Waals surface area (Å²) >= 11 is 0. The van der Waals surface area contributed by atoms with Crippen LogP contribution in [0.1, 0.15) is 10.4 Å². The highest BCUT2D eigenvalue weighted by Gasteiger charge is 2.16. The second kappa shape index (κ2) is 4.06. The number of hydrogen-bond acceptors (Lipinski definition) is 3. The number of hydrogen-bond donors (Lipinski definition) is 1. The number of nitrogens with zero attached hydrogens (tertiary/aromatic N) is 3. The first kappa shape index (κ1) is 9.76. The highest BCUT2D eigenvalue weighted by molar-refractivity contribution is 6.41. The number of carboxylic acid groups (broad SMARTS) is 1. The van der Waals surface area contributed by atoms with Gasteiger partial charge in [-0.2, -0.15) is 0 Å². The van der Waals surface area contributed by atoms with Crippen LogP contribution in [-0.2, 0) is 4.79 Å². The van der Waals surface area contributed by atoms with Crippen molar-refractivity contribution in [1.29, 1.82) is 0 Å². The Bertz CT molecular complexity index is 435. The molecular weight excluding hydrogens is 186 g/mol. The fourth-order valence-electron chi connectivity index (χ4n) is 0.916. The Morgan fingerprint density at radius 2 is 2.00 bits per heavy atom. The Labute approximate surface area is 78.4 Å². The summed E-state index contributed by atoms with van der Waals surface area (Å²) in [5, 5.41) is 11.7. The Morgan fingerprint density at radius 1 is 1.36 bits per heavy atom.